The van der Waals surface area contributed by atoms with Crippen molar-refractivity contribution in [3.63, 3.8) is 0 Å². The number of nitrogens with zero attached hydrogens (tertiary/aromatic N) is 1. The second-order valence-corrected chi connectivity index (χ2v) is 4.45. The highest BCUT2D eigenvalue weighted by atomic mass is 16.5. The number of amides is 1. The monoisotopic (exact) mass is 229 g/mol. The molecule has 92 valence electrons. The fraction of sp³-hybridized carbons (Fsp3) is 0.818. The van der Waals surface area contributed by atoms with Gasteiger partial charge in [0.2, 0.25) is 5.91 Å². The van der Waals surface area contributed by atoms with Gasteiger partial charge in [0.05, 0.1) is 13.2 Å². The van der Waals surface area contributed by atoms with Gasteiger partial charge in [0.1, 0.15) is 0 Å². The molecule has 1 fully saturated rings. The Morgan fingerprint density at radius 2 is 2.19 bits per heavy atom. The van der Waals surface area contributed by atoms with Crippen LogP contribution in [0.1, 0.15) is 26.7 Å². The zero-order valence-corrected chi connectivity index (χ0v) is 9.81. The van der Waals surface area contributed by atoms with Gasteiger partial charge < -0.3 is 14.7 Å². The molecule has 16 heavy (non-hydrogen) atoms. The fourth-order valence-corrected chi connectivity index (χ4v) is 1.66. The van der Waals surface area contributed by atoms with Crippen LogP contribution in [-0.4, -0.2) is 47.7 Å². The zero-order valence-electron chi connectivity index (χ0n) is 9.81. The largest absolute Gasteiger partial charge is 0.480 e. The molecular weight excluding hydrogens is 210 g/mol. The number of ether oxygens (including phenoxy) is 1. The Morgan fingerprint density at radius 3 is 2.75 bits per heavy atom. The maximum Gasteiger partial charge on any atom is 0.328 e. The van der Waals surface area contributed by atoms with Crippen molar-refractivity contribution in [2.75, 3.05) is 19.8 Å². The predicted molar refractivity (Wildman–Crippen MR) is 58.0 cm³/mol. The lowest BCUT2D eigenvalue weighted by Gasteiger charge is -2.33. The number of carbonyl (C=O) groups excluding carboxylic acids is 1. The van der Waals surface area contributed by atoms with Crippen LogP contribution in [0.25, 0.3) is 0 Å². The molecule has 0 radical (unpaired) electrons. The van der Waals surface area contributed by atoms with Crippen LogP contribution >= 0.6 is 0 Å². The van der Waals surface area contributed by atoms with Crippen LogP contribution in [0.4, 0.5) is 0 Å². The molecule has 0 aromatic carbocycles. The highest BCUT2D eigenvalue weighted by molar-refractivity contribution is 5.83. The molecule has 1 atom stereocenters. The van der Waals surface area contributed by atoms with Crippen LogP contribution in [0.2, 0.25) is 0 Å². The quantitative estimate of drug-likeness (QED) is 0.772. The van der Waals surface area contributed by atoms with Crippen molar-refractivity contribution < 1.29 is 19.4 Å². The first-order chi connectivity index (χ1) is 7.52. The van der Waals surface area contributed by atoms with Crippen LogP contribution in [0.5, 0.6) is 0 Å². The van der Waals surface area contributed by atoms with E-state index < -0.39 is 12.0 Å². The zero-order chi connectivity index (χ0) is 12.1. The number of rotatable bonds is 4. The minimum Gasteiger partial charge on any atom is -0.480 e. The summed E-state index contributed by atoms with van der Waals surface area (Å²) in [6, 6.07) is -0.812. The van der Waals surface area contributed by atoms with Crippen molar-refractivity contribution in [2.45, 2.75) is 32.7 Å². The van der Waals surface area contributed by atoms with Crippen molar-refractivity contribution in [3.8, 4) is 0 Å². The SMILES string of the molecule is CC(C)CCC(=O)N1CCOCC1C(=O)O. The first kappa shape index (κ1) is 13.0. The summed E-state index contributed by atoms with van der Waals surface area (Å²) in [4.78, 5) is 24.2. The molecule has 1 amide bonds. The van der Waals surface area contributed by atoms with Crippen molar-refractivity contribution >= 4 is 11.9 Å². The topological polar surface area (TPSA) is 66.8 Å². The van der Waals surface area contributed by atoms with Gasteiger partial charge in [-0.25, -0.2) is 4.79 Å². The summed E-state index contributed by atoms with van der Waals surface area (Å²) < 4.78 is 5.07. The van der Waals surface area contributed by atoms with Crippen LogP contribution in [-0.2, 0) is 14.3 Å². The van der Waals surface area contributed by atoms with E-state index in [1.54, 1.807) is 0 Å². The molecule has 0 spiro atoms. The first-order valence-electron chi connectivity index (χ1n) is 5.62. The molecule has 0 aromatic rings. The maximum absolute atomic E-state index is 11.8. The van der Waals surface area contributed by atoms with E-state index in [2.05, 4.69) is 0 Å². The van der Waals surface area contributed by atoms with Gasteiger partial charge in [-0.15, -0.1) is 0 Å². The molecule has 1 N–H and O–H groups in total. The fourth-order valence-electron chi connectivity index (χ4n) is 1.66. The molecule has 0 aliphatic carbocycles. The maximum atomic E-state index is 11.8. The molecule has 5 nitrogen and oxygen atoms in total. The van der Waals surface area contributed by atoms with E-state index in [9.17, 15) is 9.59 Å². The lowest BCUT2D eigenvalue weighted by Crippen LogP contribution is -2.52. The van der Waals surface area contributed by atoms with E-state index in [4.69, 9.17) is 9.84 Å². The molecule has 1 aliphatic rings. The number of carboxylic acids is 1. The summed E-state index contributed by atoms with van der Waals surface area (Å²) in [5, 5.41) is 8.96. The molecule has 5 heteroatoms. The second-order valence-electron chi connectivity index (χ2n) is 4.45. The molecule has 1 saturated heterocycles. The van der Waals surface area contributed by atoms with E-state index in [0.717, 1.165) is 6.42 Å². The average Bonchev–Trinajstić information content (AvgIpc) is 2.25. The minimum absolute atomic E-state index is 0.0793. The summed E-state index contributed by atoms with van der Waals surface area (Å²) >= 11 is 0. The summed E-state index contributed by atoms with van der Waals surface area (Å²) in [5.41, 5.74) is 0. The highest BCUT2D eigenvalue weighted by Gasteiger charge is 2.32. The van der Waals surface area contributed by atoms with E-state index in [1.807, 2.05) is 13.8 Å². The Balaban J connectivity index is 2.54. The third kappa shape index (κ3) is 3.48. The number of aliphatic carboxylic acids is 1. The number of hydrogen-bond donors (Lipinski definition) is 1. The van der Waals surface area contributed by atoms with E-state index >= 15 is 0 Å². The van der Waals surface area contributed by atoms with Crippen molar-refractivity contribution in [2.24, 2.45) is 5.92 Å². The smallest absolute Gasteiger partial charge is 0.328 e. The third-order valence-corrected chi connectivity index (χ3v) is 2.67. The van der Waals surface area contributed by atoms with Gasteiger partial charge in [0.15, 0.2) is 6.04 Å². The molecule has 1 aliphatic heterocycles. The van der Waals surface area contributed by atoms with Crippen molar-refractivity contribution in [1.82, 2.24) is 4.90 Å². The molecule has 1 heterocycles. The van der Waals surface area contributed by atoms with Crippen molar-refractivity contribution in [1.29, 1.82) is 0 Å². The second kappa shape index (κ2) is 5.84. The van der Waals surface area contributed by atoms with Crippen LogP contribution in [0.15, 0.2) is 0 Å². The molecule has 1 unspecified atom stereocenters. The molecule has 0 saturated carbocycles. The van der Waals surface area contributed by atoms with Gasteiger partial charge in [-0.3, -0.25) is 4.79 Å². The van der Waals surface area contributed by atoms with E-state index in [-0.39, 0.29) is 12.5 Å². The molecule has 0 bridgehead atoms. The summed E-state index contributed by atoms with van der Waals surface area (Å²) in [7, 11) is 0. The van der Waals surface area contributed by atoms with Crippen molar-refractivity contribution in [3.05, 3.63) is 0 Å². The van der Waals surface area contributed by atoms with Gasteiger partial charge >= 0.3 is 5.97 Å². The molecule has 0 aromatic heterocycles. The van der Waals surface area contributed by atoms with Crippen LogP contribution in [0, 0.1) is 5.92 Å². The van der Waals surface area contributed by atoms with Crippen LogP contribution < -0.4 is 0 Å². The lowest BCUT2D eigenvalue weighted by atomic mass is 10.1. The molecular formula is C11H19NO4. The lowest BCUT2D eigenvalue weighted by molar-refractivity contribution is -0.158. The Hall–Kier alpha value is -1.10. The van der Waals surface area contributed by atoms with E-state index in [0.29, 0.717) is 25.5 Å². The highest BCUT2D eigenvalue weighted by Crippen LogP contribution is 2.12. The number of carbonyl (C=O) groups is 2. The van der Waals surface area contributed by atoms with Gasteiger partial charge in [0, 0.05) is 13.0 Å². The van der Waals surface area contributed by atoms with E-state index in [1.165, 1.54) is 4.90 Å². The van der Waals surface area contributed by atoms with Gasteiger partial charge in [-0.05, 0) is 12.3 Å². The molecule has 1 rings (SSSR count). The standard InChI is InChI=1S/C11H19NO4/c1-8(2)3-4-10(13)12-5-6-16-7-9(12)11(14)15/h8-9H,3-7H2,1-2H3,(H,14,15). The normalized spacial score (nSPS) is 21.2. The number of carboxylic acid groups (broad SMARTS) is 1. The predicted octanol–water partition coefficient (Wildman–Crippen LogP) is 0.735. The van der Waals surface area contributed by atoms with Gasteiger partial charge in [0.25, 0.3) is 0 Å². The number of hydrogen-bond acceptors (Lipinski definition) is 3. The summed E-state index contributed by atoms with van der Waals surface area (Å²) in [5.74, 6) is -0.615. The Kier molecular flexibility index (Phi) is 4.73. The van der Waals surface area contributed by atoms with Gasteiger partial charge in [-0.2, -0.15) is 0 Å². The minimum atomic E-state index is -0.988. The Bertz CT molecular complexity index is 265. The third-order valence-electron chi connectivity index (χ3n) is 2.67. The summed E-state index contributed by atoms with van der Waals surface area (Å²) in [6.07, 6.45) is 1.21. The number of morpholine rings is 1. The first-order valence-corrected chi connectivity index (χ1v) is 5.62. The summed E-state index contributed by atoms with van der Waals surface area (Å²) in [6.45, 7) is 5.00. The average molecular weight is 229 g/mol. The Labute approximate surface area is 95.4 Å². The van der Waals surface area contributed by atoms with Crippen LogP contribution in [0.3, 0.4) is 0 Å². The van der Waals surface area contributed by atoms with Gasteiger partial charge in [-0.1, -0.05) is 13.8 Å². The Morgan fingerprint density at radius 1 is 1.50 bits per heavy atom.